The lowest BCUT2D eigenvalue weighted by Crippen LogP contribution is -1.94. The van der Waals surface area contributed by atoms with E-state index in [0.29, 0.717) is 13.2 Å². The lowest BCUT2D eigenvalue weighted by atomic mass is 10.3. The van der Waals surface area contributed by atoms with Crippen molar-refractivity contribution in [3.63, 3.8) is 0 Å². The minimum Gasteiger partial charge on any atom is -0.346 e. The maximum Gasteiger partial charge on any atom is 0.184 e. The van der Waals surface area contributed by atoms with Crippen molar-refractivity contribution < 1.29 is 9.47 Å². The molecule has 0 aromatic carbocycles. The molecule has 0 saturated carbocycles. The molecular weight excluding hydrogens is 228 g/mol. The van der Waals surface area contributed by atoms with Crippen molar-refractivity contribution in [2.75, 3.05) is 13.2 Å². The van der Waals surface area contributed by atoms with Gasteiger partial charge < -0.3 is 9.47 Å². The molecule has 0 N–H and O–H groups in total. The molecule has 1 aliphatic rings. The Kier molecular flexibility index (Phi) is 2.27. The number of ether oxygens (including phenoxy) is 2. The van der Waals surface area contributed by atoms with Gasteiger partial charge >= 0.3 is 0 Å². The van der Waals surface area contributed by atoms with Crippen molar-refractivity contribution in [1.82, 2.24) is 0 Å². The largest absolute Gasteiger partial charge is 0.346 e. The fraction of sp³-hybridized carbons (Fsp3) is 0.429. The van der Waals surface area contributed by atoms with Gasteiger partial charge in [-0.15, -0.1) is 11.3 Å². The van der Waals surface area contributed by atoms with Gasteiger partial charge in [-0.25, -0.2) is 0 Å². The highest BCUT2D eigenvalue weighted by atomic mass is 79.9. The third-order valence-corrected chi connectivity index (χ3v) is 3.00. The molecule has 4 heteroatoms. The molecule has 1 aliphatic heterocycles. The normalized spacial score (nSPS) is 19.4. The van der Waals surface area contributed by atoms with Crippen molar-refractivity contribution in [3.05, 3.63) is 20.8 Å². The molecule has 1 aromatic rings. The number of rotatable bonds is 1. The third-order valence-electron chi connectivity index (χ3n) is 1.48. The second-order valence-electron chi connectivity index (χ2n) is 2.26. The topological polar surface area (TPSA) is 18.5 Å². The summed E-state index contributed by atoms with van der Waals surface area (Å²) in [5.41, 5.74) is 1.11. The molecule has 11 heavy (non-hydrogen) atoms. The Balaban J connectivity index is 2.15. The SMILES string of the molecule is Brc1cc(C2OCCO2)cs1. The highest BCUT2D eigenvalue weighted by molar-refractivity contribution is 9.11. The van der Waals surface area contributed by atoms with Crippen LogP contribution in [0.2, 0.25) is 0 Å². The van der Waals surface area contributed by atoms with Gasteiger partial charge in [0.2, 0.25) is 0 Å². The van der Waals surface area contributed by atoms with E-state index in [1.807, 2.05) is 11.4 Å². The average Bonchev–Trinajstić information content (AvgIpc) is 2.55. The first-order valence-electron chi connectivity index (χ1n) is 3.33. The Bertz CT molecular complexity index is 242. The van der Waals surface area contributed by atoms with E-state index >= 15 is 0 Å². The van der Waals surface area contributed by atoms with E-state index in [-0.39, 0.29) is 6.29 Å². The number of hydrogen-bond acceptors (Lipinski definition) is 3. The number of halogens is 1. The molecule has 0 aliphatic carbocycles. The summed E-state index contributed by atoms with van der Waals surface area (Å²) in [5.74, 6) is 0. The molecule has 0 radical (unpaired) electrons. The first-order chi connectivity index (χ1) is 5.36. The van der Waals surface area contributed by atoms with Gasteiger partial charge in [0, 0.05) is 10.9 Å². The number of hydrogen-bond donors (Lipinski definition) is 0. The minimum absolute atomic E-state index is 0.127. The summed E-state index contributed by atoms with van der Waals surface area (Å²) in [6.45, 7) is 1.41. The van der Waals surface area contributed by atoms with Crippen LogP contribution in [-0.4, -0.2) is 13.2 Å². The first kappa shape index (κ1) is 7.73. The van der Waals surface area contributed by atoms with Gasteiger partial charge in [0.25, 0.3) is 0 Å². The number of thiophene rings is 1. The molecule has 1 saturated heterocycles. The predicted molar refractivity (Wildman–Crippen MR) is 46.7 cm³/mol. The Morgan fingerprint density at radius 1 is 1.45 bits per heavy atom. The van der Waals surface area contributed by atoms with Crippen molar-refractivity contribution >= 4 is 27.3 Å². The van der Waals surface area contributed by atoms with Crippen molar-refractivity contribution in [3.8, 4) is 0 Å². The van der Waals surface area contributed by atoms with Crippen LogP contribution in [0.4, 0.5) is 0 Å². The summed E-state index contributed by atoms with van der Waals surface area (Å²) in [6, 6.07) is 2.03. The molecule has 1 aromatic heterocycles. The summed E-state index contributed by atoms with van der Waals surface area (Å²) < 4.78 is 11.7. The lowest BCUT2D eigenvalue weighted by Gasteiger charge is -2.04. The Morgan fingerprint density at radius 3 is 2.73 bits per heavy atom. The van der Waals surface area contributed by atoms with Crippen LogP contribution in [0.25, 0.3) is 0 Å². The van der Waals surface area contributed by atoms with E-state index in [4.69, 9.17) is 9.47 Å². The Morgan fingerprint density at radius 2 is 2.18 bits per heavy atom. The standard InChI is InChI=1S/C7H7BrO2S/c8-6-3-5(4-11-6)7-9-1-2-10-7/h3-4,7H,1-2H2. The van der Waals surface area contributed by atoms with Crippen LogP contribution in [0.3, 0.4) is 0 Å². The van der Waals surface area contributed by atoms with Gasteiger partial charge in [-0.05, 0) is 22.0 Å². The van der Waals surface area contributed by atoms with Crippen molar-refractivity contribution in [2.24, 2.45) is 0 Å². The molecule has 0 amide bonds. The van der Waals surface area contributed by atoms with Crippen LogP contribution < -0.4 is 0 Å². The predicted octanol–water partition coefficient (Wildman–Crippen LogP) is 2.56. The monoisotopic (exact) mass is 234 g/mol. The molecule has 2 nitrogen and oxygen atoms in total. The molecule has 0 unspecified atom stereocenters. The van der Waals surface area contributed by atoms with E-state index in [0.717, 1.165) is 9.35 Å². The summed E-state index contributed by atoms with van der Waals surface area (Å²) in [6.07, 6.45) is -0.127. The zero-order valence-electron chi connectivity index (χ0n) is 5.75. The van der Waals surface area contributed by atoms with Crippen LogP contribution in [0.5, 0.6) is 0 Å². The van der Waals surface area contributed by atoms with E-state index in [1.54, 1.807) is 11.3 Å². The van der Waals surface area contributed by atoms with Gasteiger partial charge in [-0.3, -0.25) is 0 Å². The molecule has 0 spiro atoms. The lowest BCUT2D eigenvalue weighted by molar-refractivity contribution is -0.0438. The van der Waals surface area contributed by atoms with Crippen LogP contribution in [0, 0.1) is 0 Å². The highest BCUT2D eigenvalue weighted by Gasteiger charge is 2.18. The second-order valence-corrected chi connectivity index (χ2v) is 4.55. The summed E-state index contributed by atoms with van der Waals surface area (Å²) >= 11 is 5.03. The van der Waals surface area contributed by atoms with Gasteiger partial charge in [-0.2, -0.15) is 0 Å². The fourth-order valence-corrected chi connectivity index (χ4v) is 2.17. The molecule has 0 atom stereocenters. The third kappa shape index (κ3) is 1.64. The van der Waals surface area contributed by atoms with Gasteiger partial charge in [0.1, 0.15) is 0 Å². The molecule has 0 bridgehead atoms. The fourth-order valence-electron chi connectivity index (χ4n) is 0.998. The van der Waals surface area contributed by atoms with E-state index in [2.05, 4.69) is 15.9 Å². The molecule has 60 valence electrons. The zero-order chi connectivity index (χ0) is 7.68. The van der Waals surface area contributed by atoms with Crippen LogP contribution >= 0.6 is 27.3 Å². The first-order valence-corrected chi connectivity index (χ1v) is 5.00. The van der Waals surface area contributed by atoms with Crippen LogP contribution in [0.1, 0.15) is 11.9 Å². The maximum absolute atomic E-state index is 5.32. The quantitative estimate of drug-likeness (QED) is 0.744. The Labute approximate surface area is 77.3 Å². The molecule has 1 fully saturated rings. The van der Waals surface area contributed by atoms with E-state index in [9.17, 15) is 0 Å². The van der Waals surface area contributed by atoms with E-state index in [1.165, 1.54) is 0 Å². The van der Waals surface area contributed by atoms with Crippen molar-refractivity contribution in [2.45, 2.75) is 6.29 Å². The highest BCUT2D eigenvalue weighted by Crippen LogP contribution is 2.29. The van der Waals surface area contributed by atoms with E-state index < -0.39 is 0 Å². The minimum atomic E-state index is -0.127. The second kappa shape index (κ2) is 3.23. The molecule has 2 rings (SSSR count). The smallest absolute Gasteiger partial charge is 0.184 e. The van der Waals surface area contributed by atoms with Crippen LogP contribution in [0.15, 0.2) is 15.2 Å². The molecule has 2 heterocycles. The maximum atomic E-state index is 5.32. The van der Waals surface area contributed by atoms with Gasteiger partial charge in [0.15, 0.2) is 6.29 Å². The van der Waals surface area contributed by atoms with Gasteiger partial charge in [0.05, 0.1) is 17.0 Å². The van der Waals surface area contributed by atoms with Crippen LogP contribution in [-0.2, 0) is 9.47 Å². The van der Waals surface area contributed by atoms with Gasteiger partial charge in [-0.1, -0.05) is 0 Å². The summed E-state index contributed by atoms with van der Waals surface area (Å²) in [7, 11) is 0. The summed E-state index contributed by atoms with van der Waals surface area (Å²) in [4.78, 5) is 0. The molecular formula is C7H7BrO2S. The average molecular weight is 235 g/mol. The summed E-state index contributed by atoms with van der Waals surface area (Å²) in [5, 5.41) is 2.04. The van der Waals surface area contributed by atoms with Crippen molar-refractivity contribution in [1.29, 1.82) is 0 Å². The Hall–Kier alpha value is 0.1000. The zero-order valence-corrected chi connectivity index (χ0v) is 8.15.